The number of esters is 1. The van der Waals surface area contributed by atoms with Crippen LogP contribution in [0, 0.1) is 23.2 Å². The van der Waals surface area contributed by atoms with Crippen molar-refractivity contribution in [3.63, 3.8) is 0 Å². The van der Waals surface area contributed by atoms with E-state index >= 15 is 0 Å². The van der Waals surface area contributed by atoms with Crippen molar-refractivity contribution < 1.29 is 9.53 Å². The Morgan fingerprint density at radius 1 is 0.906 bits per heavy atom. The summed E-state index contributed by atoms with van der Waals surface area (Å²) in [4.78, 5) is 26.3. The normalized spacial score (nSPS) is 28.2. The van der Waals surface area contributed by atoms with Crippen LogP contribution >= 0.6 is 0 Å². The molecule has 164 valence electrons. The largest absolute Gasteiger partial charge is 0.460 e. The van der Waals surface area contributed by atoms with Crippen LogP contribution in [0.1, 0.15) is 54.6 Å². The molecule has 4 aliphatic rings. The lowest BCUT2D eigenvalue weighted by atomic mass is 9.50. The van der Waals surface area contributed by atoms with Crippen molar-refractivity contribution in [2.75, 3.05) is 6.61 Å². The Hall–Kier alpha value is -2.95. The first-order valence-electron chi connectivity index (χ1n) is 11.8. The van der Waals surface area contributed by atoms with Crippen LogP contribution in [0.25, 0.3) is 10.8 Å². The van der Waals surface area contributed by atoms with Crippen LogP contribution in [0.3, 0.4) is 0 Å². The maximum Gasteiger partial charge on any atom is 0.359 e. The maximum atomic E-state index is 13.3. The van der Waals surface area contributed by atoms with Gasteiger partial charge < -0.3 is 4.74 Å². The third-order valence-corrected chi connectivity index (χ3v) is 7.91. The topological polar surface area (TPSA) is 61.2 Å². The number of carbonyl (C=O) groups excluding carboxylic acids is 1. The molecule has 5 nitrogen and oxygen atoms in total. The highest BCUT2D eigenvalue weighted by molar-refractivity contribution is 6.02. The van der Waals surface area contributed by atoms with Crippen molar-refractivity contribution >= 4 is 16.7 Å². The highest BCUT2D eigenvalue weighted by Crippen LogP contribution is 2.60. The van der Waals surface area contributed by atoms with Crippen LogP contribution in [0.4, 0.5) is 0 Å². The molecule has 0 saturated heterocycles. The van der Waals surface area contributed by atoms with E-state index < -0.39 is 5.97 Å². The van der Waals surface area contributed by atoms with E-state index in [1.807, 2.05) is 42.5 Å². The number of hydrogen-bond donors (Lipinski definition) is 0. The smallest absolute Gasteiger partial charge is 0.359 e. The second-order valence-corrected chi connectivity index (χ2v) is 10.3. The Morgan fingerprint density at radius 2 is 1.50 bits per heavy atom. The highest BCUT2D eigenvalue weighted by Gasteiger charge is 2.51. The van der Waals surface area contributed by atoms with Crippen molar-refractivity contribution in [3.05, 3.63) is 76.2 Å². The molecule has 0 amide bonds. The molecule has 1 heterocycles. The van der Waals surface area contributed by atoms with E-state index in [0.29, 0.717) is 23.9 Å². The molecule has 4 fully saturated rings. The number of carbonyl (C=O) groups is 1. The molecular weight excluding hydrogens is 400 g/mol. The molecule has 4 saturated carbocycles. The van der Waals surface area contributed by atoms with Crippen molar-refractivity contribution in [2.45, 2.75) is 45.1 Å². The minimum atomic E-state index is -0.418. The molecule has 0 unspecified atom stereocenters. The molecule has 0 atom stereocenters. The molecule has 3 aromatic rings. The van der Waals surface area contributed by atoms with Gasteiger partial charge in [-0.3, -0.25) is 4.79 Å². The summed E-state index contributed by atoms with van der Waals surface area (Å²) in [6, 6.07) is 16.9. The van der Waals surface area contributed by atoms with E-state index in [1.165, 1.54) is 43.2 Å². The summed E-state index contributed by atoms with van der Waals surface area (Å²) < 4.78 is 7.34. The summed E-state index contributed by atoms with van der Waals surface area (Å²) in [5.41, 5.74) is 1.16. The lowest BCUT2D eigenvalue weighted by Crippen LogP contribution is -2.48. The van der Waals surface area contributed by atoms with Crippen LogP contribution in [-0.2, 0) is 11.3 Å². The zero-order chi connectivity index (χ0) is 21.7. The van der Waals surface area contributed by atoms with E-state index in [9.17, 15) is 9.59 Å². The molecule has 0 N–H and O–H groups in total. The molecule has 7 rings (SSSR count). The van der Waals surface area contributed by atoms with Crippen LogP contribution in [0.5, 0.6) is 0 Å². The highest BCUT2D eigenvalue weighted by atomic mass is 16.5. The van der Waals surface area contributed by atoms with E-state index in [1.54, 1.807) is 12.1 Å². The Balaban J connectivity index is 1.30. The summed E-state index contributed by atoms with van der Waals surface area (Å²) in [5.74, 6) is 2.02. The van der Waals surface area contributed by atoms with Gasteiger partial charge in [0.2, 0.25) is 0 Å². The van der Waals surface area contributed by atoms with Gasteiger partial charge in [0.05, 0.1) is 18.5 Å². The van der Waals surface area contributed by atoms with Gasteiger partial charge in [-0.1, -0.05) is 48.5 Å². The van der Waals surface area contributed by atoms with Crippen LogP contribution in [0.15, 0.2) is 59.4 Å². The van der Waals surface area contributed by atoms with Gasteiger partial charge in [0.1, 0.15) is 0 Å². The van der Waals surface area contributed by atoms with Gasteiger partial charge in [-0.2, -0.15) is 5.10 Å². The van der Waals surface area contributed by atoms with Crippen molar-refractivity contribution in [1.29, 1.82) is 0 Å². The molecule has 0 spiro atoms. The third kappa shape index (κ3) is 3.44. The molecular formula is C27H28N2O3. The van der Waals surface area contributed by atoms with Crippen molar-refractivity contribution in [3.8, 4) is 0 Å². The zero-order valence-electron chi connectivity index (χ0n) is 18.2. The number of benzene rings is 2. The van der Waals surface area contributed by atoms with Crippen molar-refractivity contribution in [2.24, 2.45) is 23.2 Å². The second-order valence-electron chi connectivity index (χ2n) is 10.3. The van der Waals surface area contributed by atoms with E-state index in [0.717, 1.165) is 23.3 Å². The first kappa shape index (κ1) is 19.7. The summed E-state index contributed by atoms with van der Waals surface area (Å²) in [5, 5.41) is 5.56. The molecule has 0 aliphatic heterocycles. The SMILES string of the molecule is O=C(OCC12CC3CC(CC(C3)C1)C2)c1nn(Cc2ccccc2)c(=O)c2ccccc12. The van der Waals surface area contributed by atoms with Gasteiger partial charge in [-0.05, 0) is 67.9 Å². The Kier molecular flexibility index (Phi) is 4.67. The summed E-state index contributed by atoms with van der Waals surface area (Å²) >= 11 is 0. The second kappa shape index (κ2) is 7.58. The minimum Gasteiger partial charge on any atom is -0.460 e. The summed E-state index contributed by atoms with van der Waals surface area (Å²) in [6.45, 7) is 0.795. The quantitative estimate of drug-likeness (QED) is 0.547. The summed E-state index contributed by atoms with van der Waals surface area (Å²) in [6.07, 6.45) is 7.66. The fourth-order valence-electron chi connectivity index (χ4n) is 7.00. The van der Waals surface area contributed by atoms with Crippen LogP contribution in [0.2, 0.25) is 0 Å². The van der Waals surface area contributed by atoms with E-state index in [-0.39, 0.29) is 16.7 Å². The number of fused-ring (bicyclic) bond motifs is 1. The predicted octanol–water partition coefficient (Wildman–Crippen LogP) is 4.82. The predicted molar refractivity (Wildman–Crippen MR) is 122 cm³/mol. The van der Waals surface area contributed by atoms with Gasteiger partial charge in [0.15, 0.2) is 5.69 Å². The van der Waals surface area contributed by atoms with Crippen LogP contribution in [-0.4, -0.2) is 22.4 Å². The standard InChI is InChI=1S/C27H28N2O3/c30-25-23-9-5-4-8-22(23)24(28-29(25)16-18-6-2-1-3-7-18)26(31)32-17-27-13-19-10-20(14-27)12-21(11-19)15-27/h1-9,19-21H,10-17H2. The van der Waals surface area contributed by atoms with Gasteiger partial charge >= 0.3 is 5.97 Å². The number of rotatable bonds is 5. The molecule has 4 bridgehead atoms. The fourth-order valence-corrected chi connectivity index (χ4v) is 7.00. The number of aromatic nitrogens is 2. The average Bonchev–Trinajstić information content (AvgIpc) is 2.79. The molecule has 0 radical (unpaired) electrons. The lowest BCUT2D eigenvalue weighted by molar-refractivity contribution is -0.0849. The zero-order valence-corrected chi connectivity index (χ0v) is 18.2. The van der Waals surface area contributed by atoms with Gasteiger partial charge in [-0.25, -0.2) is 9.48 Å². The Labute approximate surface area is 187 Å². The van der Waals surface area contributed by atoms with E-state index in [2.05, 4.69) is 5.10 Å². The monoisotopic (exact) mass is 428 g/mol. The van der Waals surface area contributed by atoms with Gasteiger partial charge in [-0.15, -0.1) is 0 Å². The Bertz CT molecular complexity index is 1200. The van der Waals surface area contributed by atoms with Crippen LogP contribution < -0.4 is 5.56 Å². The van der Waals surface area contributed by atoms with Gasteiger partial charge in [0.25, 0.3) is 5.56 Å². The third-order valence-electron chi connectivity index (χ3n) is 7.91. The maximum absolute atomic E-state index is 13.3. The number of hydrogen-bond acceptors (Lipinski definition) is 4. The number of ether oxygens (including phenoxy) is 1. The average molecular weight is 429 g/mol. The minimum absolute atomic E-state index is 0.151. The molecule has 32 heavy (non-hydrogen) atoms. The lowest BCUT2D eigenvalue weighted by Gasteiger charge is -2.56. The molecule has 1 aromatic heterocycles. The molecule has 2 aromatic carbocycles. The first-order valence-corrected chi connectivity index (χ1v) is 11.8. The van der Waals surface area contributed by atoms with E-state index in [4.69, 9.17) is 4.74 Å². The fraction of sp³-hybridized carbons (Fsp3) is 0.444. The van der Waals surface area contributed by atoms with Crippen molar-refractivity contribution in [1.82, 2.24) is 9.78 Å². The van der Waals surface area contributed by atoms with Gasteiger partial charge in [0, 0.05) is 10.8 Å². The summed E-state index contributed by atoms with van der Waals surface area (Å²) in [7, 11) is 0. The first-order chi connectivity index (χ1) is 15.6. The Morgan fingerprint density at radius 3 is 2.16 bits per heavy atom. The molecule has 4 aliphatic carbocycles. The number of nitrogens with zero attached hydrogens (tertiary/aromatic N) is 2. The molecule has 5 heteroatoms.